The Morgan fingerprint density at radius 2 is 1.69 bits per heavy atom. The predicted molar refractivity (Wildman–Crippen MR) is 122 cm³/mol. The first kappa shape index (κ1) is 22.8. The molecule has 172 valence electrons. The molecule has 0 bridgehead atoms. The van der Waals surface area contributed by atoms with Crippen LogP contribution in [-0.4, -0.2) is 69.5 Å². The van der Waals surface area contributed by atoms with Crippen molar-refractivity contribution in [2.45, 2.75) is 18.7 Å². The first-order valence-electron chi connectivity index (χ1n) is 10.4. The van der Waals surface area contributed by atoms with Crippen LogP contribution in [0.5, 0.6) is 11.5 Å². The van der Waals surface area contributed by atoms with Crippen LogP contribution >= 0.6 is 11.6 Å². The van der Waals surface area contributed by atoms with Gasteiger partial charge in [0, 0.05) is 38.3 Å². The number of carbonyl (C=O) groups is 1. The van der Waals surface area contributed by atoms with Gasteiger partial charge in [0.15, 0.2) is 11.5 Å². The molecule has 2 aromatic rings. The number of sulfonamides is 1. The third-order valence-corrected chi connectivity index (χ3v) is 7.92. The number of hydrogen-bond acceptors (Lipinski definition) is 6. The smallest absolute Gasteiger partial charge is 0.243 e. The summed E-state index contributed by atoms with van der Waals surface area (Å²) in [5, 5.41) is 3.18. The van der Waals surface area contributed by atoms with E-state index in [-0.39, 0.29) is 12.5 Å². The van der Waals surface area contributed by atoms with Gasteiger partial charge in [-0.2, -0.15) is 4.31 Å². The topological polar surface area (TPSA) is 88.2 Å². The lowest BCUT2D eigenvalue weighted by Crippen LogP contribution is -2.50. The Kier molecular flexibility index (Phi) is 6.62. The lowest BCUT2D eigenvalue weighted by molar-refractivity contribution is -0.117. The van der Waals surface area contributed by atoms with Crippen LogP contribution in [0.4, 0.5) is 5.69 Å². The number of carbonyl (C=O) groups excluding carboxylic acids is 1. The van der Waals surface area contributed by atoms with Gasteiger partial charge in [0.1, 0.15) is 13.2 Å². The van der Waals surface area contributed by atoms with E-state index in [9.17, 15) is 13.2 Å². The molecule has 0 atom stereocenters. The SMILES string of the molecule is Cc1ccc(S(=O)(=O)N2CCN(CC(=O)Nc3cc4c(cc3Cl)OCCO4)CC2)c(C)c1. The molecule has 0 saturated carbocycles. The van der Waals surface area contributed by atoms with Gasteiger partial charge in [-0.15, -0.1) is 0 Å². The van der Waals surface area contributed by atoms with E-state index in [2.05, 4.69) is 5.32 Å². The molecule has 0 aromatic heterocycles. The number of piperazine rings is 1. The summed E-state index contributed by atoms with van der Waals surface area (Å²) in [6.45, 7) is 6.37. The van der Waals surface area contributed by atoms with Crippen LogP contribution in [0.25, 0.3) is 0 Å². The Labute approximate surface area is 193 Å². The number of fused-ring (bicyclic) bond motifs is 1. The molecule has 2 aliphatic heterocycles. The predicted octanol–water partition coefficient (Wildman–Crippen LogP) is 2.67. The number of rotatable bonds is 5. The average molecular weight is 480 g/mol. The number of ether oxygens (including phenoxy) is 2. The van der Waals surface area contributed by atoms with Crippen molar-refractivity contribution in [2.75, 3.05) is 51.3 Å². The Hall–Kier alpha value is -2.33. The number of nitrogens with zero attached hydrogens (tertiary/aromatic N) is 2. The molecule has 32 heavy (non-hydrogen) atoms. The lowest BCUT2D eigenvalue weighted by Gasteiger charge is -2.33. The van der Waals surface area contributed by atoms with E-state index in [1.807, 2.05) is 30.9 Å². The summed E-state index contributed by atoms with van der Waals surface area (Å²) < 4.78 is 38.6. The number of anilines is 1. The van der Waals surface area contributed by atoms with Crippen LogP contribution in [0.3, 0.4) is 0 Å². The first-order valence-corrected chi connectivity index (χ1v) is 12.2. The van der Waals surface area contributed by atoms with E-state index in [4.69, 9.17) is 21.1 Å². The Morgan fingerprint density at radius 3 is 2.34 bits per heavy atom. The molecule has 2 aromatic carbocycles. The minimum Gasteiger partial charge on any atom is -0.486 e. The Balaban J connectivity index is 1.34. The molecule has 10 heteroatoms. The molecule has 0 unspecified atom stereocenters. The second kappa shape index (κ2) is 9.27. The molecule has 2 aliphatic rings. The van der Waals surface area contributed by atoms with E-state index in [0.29, 0.717) is 66.5 Å². The molecule has 2 heterocycles. The molecule has 0 spiro atoms. The van der Waals surface area contributed by atoms with E-state index in [0.717, 1.165) is 11.1 Å². The minimum absolute atomic E-state index is 0.141. The number of benzene rings is 2. The summed E-state index contributed by atoms with van der Waals surface area (Å²) in [5.41, 5.74) is 2.22. The Bertz CT molecular complexity index is 1130. The third-order valence-electron chi connectivity index (χ3n) is 5.55. The molecular formula is C22H26ClN3O5S. The second-order valence-electron chi connectivity index (χ2n) is 7.97. The highest BCUT2D eigenvalue weighted by Gasteiger charge is 2.30. The van der Waals surface area contributed by atoms with Crippen molar-refractivity contribution in [3.8, 4) is 11.5 Å². The molecule has 4 rings (SSSR count). The summed E-state index contributed by atoms with van der Waals surface area (Å²) >= 11 is 6.26. The van der Waals surface area contributed by atoms with Gasteiger partial charge < -0.3 is 14.8 Å². The quantitative estimate of drug-likeness (QED) is 0.709. The van der Waals surface area contributed by atoms with Crippen molar-refractivity contribution in [1.29, 1.82) is 0 Å². The van der Waals surface area contributed by atoms with Crippen LogP contribution in [-0.2, 0) is 14.8 Å². The normalized spacial score (nSPS) is 17.2. The summed E-state index contributed by atoms with van der Waals surface area (Å²) in [7, 11) is -3.56. The molecule has 0 aliphatic carbocycles. The van der Waals surface area contributed by atoms with E-state index in [1.54, 1.807) is 18.2 Å². The number of hydrogen-bond donors (Lipinski definition) is 1. The van der Waals surface area contributed by atoms with Crippen LogP contribution < -0.4 is 14.8 Å². The Morgan fingerprint density at radius 1 is 1.03 bits per heavy atom. The number of aryl methyl sites for hydroxylation is 2. The van der Waals surface area contributed by atoms with Crippen molar-refractivity contribution >= 4 is 33.2 Å². The van der Waals surface area contributed by atoms with Crippen molar-refractivity contribution in [1.82, 2.24) is 9.21 Å². The van der Waals surface area contributed by atoms with Gasteiger partial charge in [0.25, 0.3) is 0 Å². The summed E-state index contributed by atoms with van der Waals surface area (Å²) in [4.78, 5) is 14.8. The highest BCUT2D eigenvalue weighted by Crippen LogP contribution is 2.38. The zero-order valence-corrected chi connectivity index (χ0v) is 19.6. The minimum atomic E-state index is -3.56. The fourth-order valence-corrected chi connectivity index (χ4v) is 5.74. The van der Waals surface area contributed by atoms with Gasteiger partial charge in [-0.3, -0.25) is 9.69 Å². The molecule has 8 nitrogen and oxygen atoms in total. The highest BCUT2D eigenvalue weighted by molar-refractivity contribution is 7.89. The van der Waals surface area contributed by atoms with Crippen LogP contribution in [0.2, 0.25) is 5.02 Å². The molecule has 1 N–H and O–H groups in total. The van der Waals surface area contributed by atoms with Crippen LogP contribution in [0, 0.1) is 13.8 Å². The zero-order valence-electron chi connectivity index (χ0n) is 18.1. The summed E-state index contributed by atoms with van der Waals surface area (Å²) in [6.07, 6.45) is 0. The van der Waals surface area contributed by atoms with Gasteiger partial charge in [0.2, 0.25) is 15.9 Å². The van der Waals surface area contributed by atoms with Gasteiger partial charge in [-0.25, -0.2) is 8.42 Å². The second-order valence-corrected chi connectivity index (χ2v) is 10.3. The van der Waals surface area contributed by atoms with Crippen molar-refractivity contribution in [3.63, 3.8) is 0 Å². The molecular weight excluding hydrogens is 454 g/mol. The van der Waals surface area contributed by atoms with Gasteiger partial charge >= 0.3 is 0 Å². The maximum absolute atomic E-state index is 13.0. The summed E-state index contributed by atoms with van der Waals surface area (Å²) in [5.74, 6) is 0.871. The van der Waals surface area contributed by atoms with Gasteiger partial charge in [-0.1, -0.05) is 29.3 Å². The van der Waals surface area contributed by atoms with Gasteiger partial charge in [-0.05, 0) is 25.5 Å². The molecule has 1 fully saturated rings. The largest absolute Gasteiger partial charge is 0.486 e. The fourth-order valence-electron chi connectivity index (χ4n) is 3.91. The van der Waals surface area contributed by atoms with E-state index in [1.165, 1.54) is 4.31 Å². The molecule has 0 radical (unpaired) electrons. The van der Waals surface area contributed by atoms with Crippen molar-refractivity contribution < 1.29 is 22.7 Å². The maximum Gasteiger partial charge on any atom is 0.243 e. The lowest BCUT2D eigenvalue weighted by atomic mass is 10.2. The summed E-state index contributed by atoms with van der Waals surface area (Å²) in [6, 6.07) is 8.63. The zero-order chi connectivity index (χ0) is 22.9. The van der Waals surface area contributed by atoms with Crippen LogP contribution in [0.15, 0.2) is 35.2 Å². The van der Waals surface area contributed by atoms with Gasteiger partial charge in [0.05, 0.1) is 22.2 Å². The van der Waals surface area contributed by atoms with E-state index < -0.39 is 10.0 Å². The maximum atomic E-state index is 13.0. The molecule has 1 saturated heterocycles. The van der Waals surface area contributed by atoms with Crippen molar-refractivity contribution in [3.05, 3.63) is 46.5 Å². The van der Waals surface area contributed by atoms with Crippen molar-refractivity contribution in [2.24, 2.45) is 0 Å². The highest BCUT2D eigenvalue weighted by atomic mass is 35.5. The molecule has 1 amide bonds. The van der Waals surface area contributed by atoms with Crippen LogP contribution in [0.1, 0.15) is 11.1 Å². The third kappa shape index (κ3) is 4.85. The van der Waals surface area contributed by atoms with E-state index >= 15 is 0 Å². The monoisotopic (exact) mass is 479 g/mol. The number of nitrogens with one attached hydrogen (secondary N) is 1. The fraction of sp³-hybridized carbons (Fsp3) is 0.409. The average Bonchev–Trinajstić information content (AvgIpc) is 2.74. The first-order chi connectivity index (χ1) is 15.2. The standard InChI is InChI=1S/C22H26ClN3O5S/c1-15-3-4-21(16(2)11-15)32(28,29)26-7-5-25(6-8-26)14-22(27)24-18-13-20-19(12-17(18)23)30-9-10-31-20/h3-4,11-13H,5-10,14H2,1-2H3,(H,24,27). The number of halogens is 1. The number of amides is 1.